The van der Waals surface area contributed by atoms with Crippen LogP contribution < -0.4 is 4.72 Å². The lowest BCUT2D eigenvalue weighted by Gasteiger charge is -2.36. The highest BCUT2D eigenvalue weighted by Crippen LogP contribution is 2.29. The smallest absolute Gasteiger partial charge is 0.241 e. The summed E-state index contributed by atoms with van der Waals surface area (Å²) >= 11 is 0. The molecule has 0 aromatic heterocycles. The van der Waals surface area contributed by atoms with Crippen molar-refractivity contribution in [3.8, 4) is 0 Å². The van der Waals surface area contributed by atoms with E-state index in [2.05, 4.69) is 4.72 Å². The van der Waals surface area contributed by atoms with Gasteiger partial charge in [-0.3, -0.25) is 0 Å². The fourth-order valence-electron chi connectivity index (χ4n) is 2.75. The largest absolute Gasteiger partial charge is 0.394 e. The average Bonchev–Trinajstić information content (AvgIpc) is 2.42. The maximum atomic E-state index is 12.5. The van der Waals surface area contributed by atoms with E-state index in [1.165, 1.54) is 0 Å². The summed E-state index contributed by atoms with van der Waals surface area (Å²) in [5.74, 6) is 0. The number of aliphatic hydroxyl groups is 1. The molecule has 0 unspecified atom stereocenters. The van der Waals surface area contributed by atoms with Gasteiger partial charge in [0.25, 0.3) is 0 Å². The minimum Gasteiger partial charge on any atom is -0.394 e. The summed E-state index contributed by atoms with van der Waals surface area (Å²) in [7, 11) is -3.58. The average molecular weight is 297 g/mol. The fraction of sp³-hybridized carbons (Fsp3) is 0.600. The predicted molar refractivity (Wildman–Crippen MR) is 79.1 cm³/mol. The molecule has 0 heterocycles. The number of aliphatic hydroxyl groups excluding tert-OH is 1. The van der Waals surface area contributed by atoms with Gasteiger partial charge in [0.1, 0.15) is 0 Å². The van der Waals surface area contributed by atoms with Gasteiger partial charge < -0.3 is 5.11 Å². The first-order chi connectivity index (χ1) is 9.38. The van der Waals surface area contributed by atoms with E-state index >= 15 is 0 Å². The summed E-state index contributed by atoms with van der Waals surface area (Å²) in [6.07, 6.45) is 4.42. The number of rotatable bonds is 4. The Labute approximate surface area is 121 Å². The van der Waals surface area contributed by atoms with Crippen LogP contribution in [0.5, 0.6) is 0 Å². The molecule has 0 radical (unpaired) electrons. The lowest BCUT2D eigenvalue weighted by atomic mass is 9.83. The summed E-state index contributed by atoms with van der Waals surface area (Å²) < 4.78 is 27.8. The van der Waals surface area contributed by atoms with E-state index in [1.807, 2.05) is 19.9 Å². The van der Waals surface area contributed by atoms with Gasteiger partial charge in [0.15, 0.2) is 0 Å². The zero-order chi connectivity index (χ0) is 14.8. The van der Waals surface area contributed by atoms with E-state index in [-0.39, 0.29) is 11.5 Å². The second kappa shape index (κ2) is 5.84. The zero-order valence-corrected chi connectivity index (χ0v) is 13.0. The number of benzene rings is 1. The van der Waals surface area contributed by atoms with Gasteiger partial charge in [0, 0.05) is 0 Å². The van der Waals surface area contributed by atoms with Gasteiger partial charge in [-0.1, -0.05) is 25.3 Å². The Hall–Kier alpha value is -0.910. The predicted octanol–water partition coefficient (Wildman–Crippen LogP) is 2.28. The van der Waals surface area contributed by atoms with Crippen molar-refractivity contribution in [2.24, 2.45) is 0 Å². The lowest BCUT2D eigenvalue weighted by Crippen LogP contribution is -2.52. The van der Waals surface area contributed by atoms with Crippen molar-refractivity contribution in [1.82, 2.24) is 4.72 Å². The van der Waals surface area contributed by atoms with Crippen molar-refractivity contribution in [3.05, 3.63) is 29.3 Å². The number of nitrogens with one attached hydrogen (secondary N) is 1. The van der Waals surface area contributed by atoms with E-state index in [9.17, 15) is 13.5 Å². The molecule has 5 heteroatoms. The number of hydrogen-bond donors (Lipinski definition) is 2. The molecule has 2 N–H and O–H groups in total. The van der Waals surface area contributed by atoms with Crippen LogP contribution in [0.15, 0.2) is 23.1 Å². The molecular formula is C15H23NO3S. The molecule has 2 rings (SSSR count). The Bertz CT molecular complexity index is 575. The molecule has 1 aromatic carbocycles. The Morgan fingerprint density at radius 3 is 2.35 bits per heavy atom. The van der Waals surface area contributed by atoms with Crippen LogP contribution in [0.4, 0.5) is 0 Å². The molecular weight excluding hydrogens is 274 g/mol. The van der Waals surface area contributed by atoms with Crippen LogP contribution >= 0.6 is 0 Å². The molecule has 4 nitrogen and oxygen atoms in total. The minimum atomic E-state index is -3.58. The fourth-order valence-corrected chi connectivity index (χ4v) is 4.28. The molecule has 1 aliphatic carbocycles. The van der Waals surface area contributed by atoms with Gasteiger partial charge in [-0.25, -0.2) is 13.1 Å². The summed E-state index contributed by atoms with van der Waals surface area (Å²) in [6, 6.07) is 5.13. The van der Waals surface area contributed by atoms with Crippen molar-refractivity contribution >= 4 is 10.0 Å². The molecule has 0 spiro atoms. The van der Waals surface area contributed by atoms with Crippen LogP contribution in [0.3, 0.4) is 0 Å². The van der Waals surface area contributed by atoms with Crippen molar-refractivity contribution in [2.45, 2.75) is 56.4 Å². The maximum absolute atomic E-state index is 12.5. The van der Waals surface area contributed by atoms with Crippen molar-refractivity contribution < 1.29 is 13.5 Å². The van der Waals surface area contributed by atoms with E-state index in [0.29, 0.717) is 12.8 Å². The van der Waals surface area contributed by atoms with Crippen molar-refractivity contribution in [3.63, 3.8) is 0 Å². The van der Waals surface area contributed by atoms with Crippen LogP contribution in [0.25, 0.3) is 0 Å². The summed E-state index contributed by atoms with van der Waals surface area (Å²) in [5, 5.41) is 9.62. The molecule has 1 fully saturated rings. The second-order valence-corrected chi connectivity index (χ2v) is 7.53. The van der Waals surface area contributed by atoms with Crippen LogP contribution in [0.2, 0.25) is 0 Å². The van der Waals surface area contributed by atoms with Crippen LogP contribution in [-0.2, 0) is 10.0 Å². The molecule has 0 saturated heterocycles. The Morgan fingerprint density at radius 1 is 1.15 bits per heavy atom. The van der Waals surface area contributed by atoms with Gasteiger partial charge in [-0.2, -0.15) is 0 Å². The topological polar surface area (TPSA) is 66.4 Å². The molecule has 20 heavy (non-hydrogen) atoms. The Kier molecular flexibility index (Phi) is 4.52. The molecule has 0 amide bonds. The van der Waals surface area contributed by atoms with Crippen LogP contribution in [0, 0.1) is 13.8 Å². The van der Waals surface area contributed by atoms with Crippen LogP contribution in [0.1, 0.15) is 43.2 Å². The van der Waals surface area contributed by atoms with Crippen LogP contribution in [-0.4, -0.2) is 25.7 Å². The van der Waals surface area contributed by atoms with Gasteiger partial charge in [0.05, 0.1) is 17.0 Å². The zero-order valence-electron chi connectivity index (χ0n) is 12.1. The van der Waals surface area contributed by atoms with E-state index in [1.54, 1.807) is 12.1 Å². The molecule has 1 saturated carbocycles. The second-order valence-electron chi connectivity index (χ2n) is 5.85. The summed E-state index contributed by atoms with van der Waals surface area (Å²) in [5.41, 5.74) is 1.34. The third-order valence-electron chi connectivity index (χ3n) is 4.25. The van der Waals surface area contributed by atoms with Gasteiger partial charge in [-0.15, -0.1) is 0 Å². The van der Waals surface area contributed by atoms with Gasteiger partial charge in [-0.05, 0) is 49.9 Å². The highest BCUT2D eigenvalue weighted by molar-refractivity contribution is 7.89. The molecule has 0 bridgehead atoms. The highest BCUT2D eigenvalue weighted by Gasteiger charge is 2.35. The minimum absolute atomic E-state index is 0.142. The molecule has 0 aliphatic heterocycles. The Morgan fingerprint density at radius 2 is 1.80 bits per heavy atom. The normalized spacial score (nSPS) is 18.9. The first kappa shape index (κ1) is 15.5. The lowest BCUT2D eigenvalue weighted by molar-refractivity contribution is 0.142. The number of hydrogen-bond acceptors (Lipinski definition) is 3. The van der Waals surface area contributed by atoms with E-state index in [4.69, 9.17) is 0 Å². The SMILES string of the molecule is Cc1ccc(S(=O)(=O)NC2(CO)CCCCC2)cc1C. The third kappa shape index (κ3) is 3.22. The molecule has 1 aromatic rings. The maximum Gasteiger partial charge on any atom is 0.241 e. The number of sulfonamides is 1. The molecule has 112 valence electrons. The standard InChI is InChI=1S/C15H23NO3S/c1-12-6-7-14(10-13(12)2)20(18,19)16-15(11-17)8-4-3-5-9-15/h6-7,10,16-17H,3-5,8-9,11H2,1-2H3. The summed E-state index contributed by atoms with van der Waals surface area (Å²) in [6.45, 7) is 3.71. The third-order valence-corrected chi connectivity index (χ3v) is 5.83. The first-order valence-electron chi connectivity index (χ1n) is 7.11. The van der Waals surface area contributed by atoms with Gasteiger partial charge in [0.2, 0.25) is 10.0 Å². The van der Waals surface area contributed by atoms with E-state index in [0.717, 1.165) is 30.4 Å². The quantitative estimate of drug-likeness (QED) is 0.896. The number of aryl methyl sites for hydroxylation is 2. The summed E-state index contributed by atoms with van der Waals surface area (Å²) in [4.78, 5) is 0.277. The highest BCUT2D eigenvalue weighted by atomic mass is 32.2. The van der Waals surface area contributed by atoms with Gasteiger partial charge >= 0.3 is 0 Å². The van der Waals surface area contributed by atoms with E-state index < -0.39 is 15.6 Å². The first-order valence-corrected chi connectivity index (χ1v) is 8.59. The van der Waals surface area contributed by atoms with Crippen molar-refractivity contribution in [1.29, 1.82) is 0 Å². The molecule has 1 aliphatic rings. The monoisotopic (exact) mass is 297 g/mol. The molecule has 0 atom stereocenters. The van der Waals surface area contributed by atoms with Crippen molar-refractivity contribution in [2.75, 3.05) is 6.61 Å². The Balaban J connectivity index is 2.27.